The summed E-state index contributed by atoms with van der Waals surface area (Å²) in [5.41, 5.74) is 3.43. The largest absolute Gasteiger partial charge is 0.544 e. The van der Waals surface area contributed by atoms with Crippen molar-refractivity contribution in [1.29, 1.82) is 0 Å². The van der Waals surface area contributed by atoms with Crippen molar-refractivity contribution in [3.63, 3.8) is 0 Å². The number of cyclic esters (lactones) is 3. The van der Waals surface area contributed by atoms with Crippen LogP contribution in [0.3, 0.4) is 0 Å². The van der Waals surface area contributed by atoms with Gasteiger partial charge in [0.2, 0.25) is 16.6 Å². The zero-order chi connectivity index (χ0) is 111. The molecule has 144 heavy (non-hydrogen) atoms. The van der Waals surface area contributed by atoms with Crippen molar-refractivity contribution in [2.75, 3.05) is 105 Å². The topological polar surface area (TPSA) is 451 Å². The molecular weight excluding hydrogens is 2380 g/mol. The van der Waals surface area contributed by atoms with Gasteiger partial charge in [-0.25, -0.2) is 23.2 Å². The van der Waals surface area contributed by atoms with Crippen LogP contribution in [-0.2, 0) is 52.3 Å². The predicted molar refractivity (Wildman–Crippen MR) is 599 cm³/mol. The number of benzene rings is 6. The lowest BCUT2D eigenvalue weighted by molar-refractivity contribution is -0.153. The first-order chi connectivity index (χ1) is 67.5. The number of rotatable bonds is 27. The first kappa shape index (κ1) is 140. The molecule has 12 rings (SSSR count). The number of esters is 3. The maximum absolute atomic E-state index is 12.9. The highest BCUT2D eigenvalue weighted by molar-refractivity contribution is 14.1. The first-order valence-corrected chi connectivity index (χ1v) is 60.2. The average molecular weight is 2520 g/mol. The van der Waals surface area contributed by atoms with Crippen molar-refractivity contribution < 1.29 is 135 Å². The van der Waals surface area contributed by atoms with E-state index in [0.29, 0.717) is 61.8 Å². The number of allylic oxidation sites excluding steroid dienone is 2. The summed E-state index contributed by atoms with van der Waals surface area (Å²) >= 11 is 25.4. The molecule has 6 heterocycles. The van der Waals surface area contributed by atoms with Gasteiger partial charge in [0.1, 0.15) is 76.9 Å². The number of carbonyl (C=O) groups excluding carboxylic acids is 7. The third kappa shape index (κ3) is 70.8. The molecule has 12 N–H and O–H groups in total. The normalized spacial score (nSPS) is 15.6. The molecule has 2 radical (unpaired) electrons. The van der Waals surface area contributed by atoms with Gasteiger partial charge in [-0.3, -0.25) is 24.0 Å². The number of aliphatic hydroxyl groups is 5. The first-order valence-electron chi connectivity index (χ1n) is 45.1. The molecule has 6 fully saturated rings. The van der Waals surface area contributed by atoms with Crippen molar-refractivity contribution in [2.24, 2.45) is 22.2 Å². The second-order valence-corrected chi connectivity index (χ2v) is 53.4. The van der Waals surface area contributed by atoms with Gasteiger partial charge in [-0.2, -0.15) is 0 Å². The third-order valence-electron chi connectivity index (χ3n) is 18.7. The number of halogens is 9. The molecule has 2 amide bonds. The Morgan fingerprint density at radius 1 is 0.743 bits per heavy atom. The third-order valence-corrected chi connectivity index (χ3v) is 25.7. The SMILES string of the molecule is C#Cc1cc(I)cc(I)c1.C1CN1.C=C1CNC(=O)OC1.C=CC(=O)OCCOC(=O)C(C)Br.C=CC1OC(=O)NCC1(C)C.C=CC[SiH](C)CC=C.C=Cc1cccc(C(C)Cl)c1.CC(CO)(CO)C(=O)O.CCC1(CO)COC1.C[Si](C)(C)Oc1cc(O[Si](C)(C)C)cc(C(=O)Cl)c1.O=C(c1ccc(O)cc1)c1cc(F)cc(F)c1.O=C1CCC(CCO)CCO1.OCC1CO1.Oc1cc(Br)cc(Br)c1.[B]O. The zero-order valence-corrected chi connectivity index (χ0v) is 97.7. The highest BCUT2D eigenvalue weighted by Crippen LogP contribution is 2.32. The van der Waals surface area contributed by atoms with Crippen molar-refractivity contribution in [2.45, 2.75) is 154 Å². The van der Waals surface area contributed by atoms with Crippen molar-refractivity contribution in [3.8, 4) is 35.3 Å². The van der Waals surface area contributed by atoms with E-state index in [9.17, 15) is 47.1 Å². The summed E-state index contributed by atoms with van der Waals surface area (Å²) in [4.78, 5) is 86.1. The molecule has 42 heteroatoms. The van der Waals surface area contributed by atoms with E-state index in [0.717, 1.165) is 94.9 Å². The predicted octanol–water partition coefficient (Wildman–Crippen LogP) is 19.9. The number of carboxylic acid groups (broad SMARTS) is 1. The molecule has 0 bridgehead atoms. The number of hydrogen-bond acceptors (Lipinski definition) is 26. The van der Waals surface area contributed by atoms with Crippen LogP contribution in [0, 0.1) is 53.3 Å². The van der Waals surface area contributed by atoms with Crippen LogP contribution in [0.2, 0.25) is 57.9 Å². The highest BCUT2D eigenvalue weighted by Gasteiger charge is 2.37. The molecule has 798 valence electrons. The standard InChI is InChI=1S/C13H21ClO3Si2.C13H8F2O2.C10H11Cl.C8H11BrO4.C8H4I2.C8H13NO2.C8H14O3.C7H14Si.C6H4Br2O.C6H12O2.C5H7NO2.C5H10O4.C3H6O2.C2H5N.BHO/c1-18(2,3)16-11-7-10(13(14)15)8-12(9-11)17-19(4,5)6;14-10-5-9(6-11(15)7-10)13(17)8-1-3-12(16)4-2-8;1-3-9-5-4-6-10(7-9)8(2)11;1-3-7(10)12-4-5-13-8(11)6(2)9;1-2-6-3-7(9)5-8(10)4-6;1-4-6-8(2,3)5-9-7(10)11-6;9-5-3-7-1-2-8(10)11-6-4-7;1-4-6-8(3)7-5-2;7-4-1-5(8)3-6(9)2-4;1-2-6(3-7)4-8-5-6;1-4-2-6-5(7)8-3-4;1-5(2-6,3-7)4(8)9;4-1-3-2-5-3;1-2-3-1;1-2/h7-9H,1-6H3;1-7,16H;3-8H,1H2,2H3;3,6H,1,4-5H2,2H3;1,3-5H;4,6H,1,5H2,2-3H3,(H,9,10);7,9H,1-6H2;4-5,8H,1-2,6-7H2,3H3;1-3,9H;7H,2-5H2,1H3;1-3H2,(H,6,7);6-7H,2-3H2,1H3,(H,8,9);3-4H,1-2H2;3H,1-2H2;2H. The summed E-state index contributed by atoms with van der Waals surface area (Å²) in [5.74, 6) is 0.382. The van der Waals surface area contributed by atoms with E-state index < -0.39 is 78.7 Å². The Morgan fingerprint density at radius 2 is 1.28 bits per heavy atom. The number of aromatic hydroxyl groups is 2. The summed E-state index contributed by atoms with van der Waals surface area (Å²) in [6.45, 7) is 53.9. The molecule has 5 unspecified atom stereocenters. The molecule has 6 aliphatic heterocycles. The fraction of sp³-hybridized carbons (Fsp3) is 0.431. The van der Waals surface area contributed by atoms with E-state index in [4.69, 9.17) is 103 Å². The Kier molecular flexibility index (Phi) is 76.1. The van der Waals surface area contributed by atoms with Crippen LogP contribution in [0.1, 0.15) is 122 Å². The maximum Gasteiger partial charge on any atom is 0.407 e. The van der Waals surface area contributed by atoms with Gasteiger partial charge < -0.3 is 104 Å². The Balaban J connectivity index is -0.00000151. The molecule has 6 aromatic carbocycles. The van der Waals surface area contributed by atoms with Crippen LogP contribution in [-0.4, -0.2) is 249 Å². The maximum atomic E-state index is 12.9. The number of phenolic OH excluding ortho intramolecular Hbond substituents is 2. The Morgan fingerprint density at radius 3 is 1.63 bits per heavy atom. The van der Waals surface area contributed by atoms with Crippen LogP contribution in [0.15, 0.2) is 200 Å². The van der Waals surface area contributed by atoms with Gasteiger partial charge in [-0.15, -0.1) is 31.2 Å². The minimum absolute atomic E-state index is 0.0203. The number of carboxylic acids is 1. The van der Waals surface area contributed by atoms with Gasteiger partial charge in [0.25, 0.3) is 13.3 Å². The number of amides is 2. The minimum Gasteiger partial charge on any atom is -0.544 e. The molecule has 6 saturated heterocycles. The highest BCUT2D eigenvalue weighted by atomic mass is 127. The molecule has 6 aromatic rings. The summed E-state index contributed by atoms with van der Waals surface area (Å²) in [5, 5.41) is 82.8. The van der Waals surface area contributed by atoms with Crippen LogP contribution < -0.4 is 24.8 Å². The van der Waals surface area contributed by atoms with Crippen LogP contribution >= 0.6 is 116 Å². The monoisotopic (exact) mass is 2520 g/mol. The number of epoxide rings is 1. The number of alkyl halides is 2. The van der Waals surface area contributed by atoms with E-state index >= 15 is 0 Å². The van der Waals surface area contributed by atoms with Gasteiger partial charge in [-0.1, -0.05) is 156 Å². The minimum atomic E-state index is -1.74. The van der Waals surface area contributed by atoms with E-state index in [2.05, 4.69) is 235 Å². The van der Waals surface area contributed by atoms with Gasteiger partial charge in [0, 0.05) is 115 Å². The summed E-state index contributed by atoms with van der Waals surface area (Å²) in [6, 6.07) is 35.0. The summed E-state index contributed by atoms with van der Waals surface area (Å²) in [7, 11) is -0.410. The van der Waals surface area contributed by atoms with Crippen molar-refractivity contribution >= 4 is 203 Å². The fourth-order valence-electron chi connectivity index (χ4n) is 10.3. The summed E-state index contributed by atoms with van der Waals surface area (Å²) < 4.78 is 75.0. The fourth-order valence-corrected chi connectivity index (χ4v) is 16.8. The number of carbonyl (C=O) groups is 8. The van der Waals surface area contributed by atoms with Gasteiger partial charge >= 0.3 is 36.1 Å². The van der Waals surface area contributed by atoms with Crippen LogP contribution in [0.4, 0.5) is 18.4 Å². The second-order valence-electron chi connectivity index (χ2n) is 34.7. The zero-order valence-electron chi connectivity index (χ0n) is 83.9. The average Bonchev–Trinajstić information content (AvgIpc) is 0.908. The molecule has 0 aromatic heterocycles. The van der Waals surface area contributed by atoms with Gasteiger partial charge in [-0.05, 0) is 262 Å². The Hall–Kier alpha value is -8.02. The van der Waals surface area contributed by atoms with E-state index in [1.807, 2.05) is 87.5 Å². The lowest BCUT2D eigenvalue weighted by atomic mass is 9.84. The van der Waals surface area contributed by atoms with E-state index in [-0.39, 0.29) is 113 Å². The number of aliphatic carboxylic acids is 1. The lowest BCUT2D eigenvalue weighted by Crippen LogP contribution is -2.49. The van der Waals surface area contributed by atoms with Gasteiger partial charge in [0.15, 0.2) is 5.78 Å². The van der Waals surface area contributed by atoms with Crippen LogP contribution in [0.25, 0.3) is 6.08 Å². The van der Waals surface area contributed by atoms with Gasteiger partial charge in [0.05, 0.1) is 58.2 Å². The summed E-state index contributed by atoms with van der Waals surface area (Å²) in [6.07, 6.45) is 17.3. The number of hydrogen-bond donors (Lipinski definition) is 12. The molecule has 29 nitrogen and oxygen atoms in total. The number of ketones is 1. The Labute approximate surface area is 914 Å². The number of nitrogens with one attached hydrogen (secondary N) is 3. The lowest BCUT2D eigenvalue weighted by Gasteiger charge is -2.38. The van der Waals surface area contributed by atoms with Crippen LogP contribution in [0.5, 0.6) is 23.0 Å². The smallest absolute Gasteiger partial charge is 0.407 e. The quantitative estimate of drug-likeness (QED) is 0.00185. The van der Waals surface area contributed by atoms with Crippen molar-refractivity contribution in [3.05, 3.63) is 252 Å². The molecular formula is C102H141BBr3Cl2F2I2N3O26Si3. The number of ether oxygens (including phenoxy) is 7. The molecule has 0 aliphatic carbocycles. The number of terminal acetylenes is 1. The molecule has 6 aliphatic rings. The molecule has 0 spiro atoms. The van der Waals surface area contributed by atoms with Crippen molar-refractivity contribution in [1.82, 2.24) is 16.0 Å². The number of phenols is 2. The Bertz CT molecular complexity index is 4760. The second kappa shape index (κ2) is 78.2. The number of aliphatic hydroxyl groups excluding tert-OH is 5. The van der Waals surface area contributed by atoms with E-state index in [1.54, 1.807) is 37.3 Å². The number of alkyl carbamates (subject to hydrolysis) is 2. The van der Waals surface area contributed by atoms with E-state index in [1.165, 1.54) is 63.5 Å². The molecule has 5 atom stereocenters. The molecule has 0 saturated carbocycles.